The quantitative estimate of drug-likeness (QED) is 0.521. The van der Waals surface area contributed by atoms with Crippen LogP contribution in [0.4, 0.5) is 0 Å². The van der Waals surface area contributed by atoms with Gasteiger partial charge < -0.3 is 4.74 Å². The SMILES string of the molecule is CCOC(C)C(CC1CCCN(S(C)(=O)=O)C1)NN. The minimum absolute atomic E-state index is 0.0311. The van der Waals surface area contributed by atoms with Crippen LogP contribution in [0.15, 0.2) is 0 Å². The summed E-state index contributed by atoms with van der Waals surface area (Å²) in [6.45, 7) is 5.83. The van der Waals surface area contributed by atoms with E-state index in [1.54, 1.807) is 4.31 Å². The van der Waals surface area contributed by atoms with Crippen LogP contribution in [-0.2, 0) is 14.8 Å². The smallest absolute Gasteiger partial charge is 0.211 e. The number of ether oxygens (including phenoxy) is 1. The highest BCUT2D eigenvalue weighted by molar-refractivity contribution is 7.88. The molecule has 6 nitrogen and oxygen atoms in total. The van der Waals surface area contributed by atoms with Crippen molar-refractivity contribution in [2.75, 3.05) is 26.0 Å². The van der Waals surface area contributed by atoms with Crippen LogP contribution in [0.25, 0.3) is 0 Å². The van der Waals surface area contributed by atoms with Crippen LogP contribution in [0.2, 0.25) is 0 Å². The van der Waals surface area contributed by atoms with Gasteiger partial charge in [0.05, 0.1) is 12.4 Å². The molecule has 3 N–H and O–H groups in total. The number of nitrogens with two attached hydrogens (primary N) is 1. The molecule has 3 unspecified atom stereocenters. The van der Waals surface area contributed by atoms with Crippen LogP contribution >= 0.6 is 0 Å². The van der Waals surface area contributed by atoms with Gasteiger partial charge in [0.15, 0.2) is 0 Å². The molecule has 0 aromatic rings. The molecule has 0 aromatic carbocycles. The van der Waals surface area contributed by atoms with Gasteiger partial charge in [0.25, 0.3) is 0 Å². The summed E-state index contributed by atoms with van der Waals surface area (Å²) in [5, 5.41) is 0. The summed E-state index contributed by atoms with van der Waals surface area (Å²) in [6, 6.07) is 0.0597. The minimum atomic E-state index is -3.08. The Morgan fingerprint density at radius 2 is 2.21 bits per heavy atom. The van der Waals surface area contributed by atoms with E-state index >= 15 is 0 Å². The molecule has 1 aliphatic heterocycles. The second-order valence-electron chi connectivity index (χ2n) is 5.30. The van der Waals surface area contributed by atoms with Crippen LogP contribution in [0, 0.1) is 5.92 Å². The number of hydrogen-bond donors (Lipinski definition) is 2. The van der Waals surface area contributed by atoms with Gasteiger partial charge in [-0.2, -0.15) is 0 Å². The van der Waals surface area contributed by atoms with E-state index in [1.807, 2.05) is 13.8 Å². The average Bonchev–Trinajstić information content (AvgIpc) is 2.35. The summed E-state index contributed by atoms with van der Waals surface area (Å²) in [5.74, 6) is 5.92. The molecule has 1 aliphatic rings. The van der Waals surface area contributed by atoms with Gasteiger partial charge in [-0.05, 0) is 39.0 Å². The Hall–Kier alpha value is -0.210. The van der Waals surface area contributed by atoms with E-state index < -0.39 is 10.0 Å². The topological polar surface area (TPSA) is 84.7 Å². The summed E-state index contributed by atoms with van der Waals surface area (Å²) in [7, 11) is -3.08. The fraction of sp³-hybridized carbons (Fsp3) is 1.00. The highest BCUT2D eigenvalue weighted by atomic mass is 32.2. The lowest BCUT2D eigenvalue weighted by Gasteiger charge is -2.34. The Bertz CT molecular complexity index is 361. The van der Waals surface area contributed by atoms with E-state index in [0.29, 0.717) is 25.6 Å². The molecule has 1 fully saturated rings. The molecule has 1 saturated heterocycles. The minimum Gasteiger partial charge on any atom is -0.377 e. The molecular formula is C12H27N3O3S. The van der Waals surface area contributed by atoms with E-state index in [4.69, 9.17) is 10.6 Å². The van der Waals surface area contributed by atoms with Crippen molar-refractivity contribution < 1.29 is 13.2 Å². The summed E-state index contributed by atoms with van der Waals surface area (Å²) in [4.78, 5) is 0. The number of rotatable bonds is 7. The third-order valence-corrected chi connectivity index (χ3v) is 5.02. The second kappa shape index (κ2) is 7.54. The molecule has 0 spiro atoms. The Kier molecular flexibility index (Phi) is 6.68. The van der Waals surface area contributed by atoms with Crippen molar-refractivity contribution in [2.45, 2.75) is 45.3 Å². The van der Waals surface area contributed by atoms with Crippen molar-refractivity contribution in [2.24, 2.45) is 11.8 Å². The van der Waals surface area contributed by atoms with Crippen LogP contribution in [0.5, 0.6) is 0 Å². The average molecular weight is 293 g/mol. The fourth-order valence-corrected chi connectivity index (χ4v) is 3.60. The second-order valence-corrected chi connectivity index (χ2v) is 7.28. The molecule has 0 saturated carbocycles. The lowest BCUT2D eigenvalue weighted by molar-refractivity contribution is 0.0377. The number of hydrogen-bond acceptors (Lipinski definition) is 5. The van der Waals surface area contributed by atoms with Crippen molar-refractivity contribution in [1.82, 2.24) is 9.73 Å². The summed E-state index contributed by atoms with van der Waals surface area (Å²) < 4.78 is 30.3. The van der Waals surface area contributed by atoms with Gasteiger partial charge in [0.1, 0.15) is 0 Å². The third kappa shape index (κ3) is 5.35. The molecule has 7 heteroatoms. The lowest BCUT2D eigenvalue weighted by Crippen LogP contribution is -2.47. The predicted octanol–water partition coefficient (Wildman–Crippen LogP) is 0.305. The van der Waals surface area contributed by atoms with Gasteiger partial charge in [-0.15, -0.1) is 0 Å². The molecular weight excluding hydrogens is 266 g/mol. The molecule has 0 bridgehead atoms. The molecule has 0 amide bonds. The summed E-state index contributed by atoms with van der Waals surface area (Å²) in [6.07, 6.45) is 4.10. The lowest BCUT2D eigenvalue weighted by atomic mass is 9.91. The molecule has 19 heavy (non-hydrogen) atoms. The first-order chi connectivity index (χ1) is 8.88. The summed E-state index contributed by atoms with van der Waals surface area (Å²) >= 11 is 0. The summed E-state index contributed by atoms with van der Waals surface area (Å²) in [5.41, 5.74) is 2.79. The maximum absolute atomic E-state index is 11.6. The first-order valence-corrected chi connectivity index (χ1v) is 8.76. The maximum Gasteiger partial charge on any atom is 0.211 e. The molecule has 0 radical (unpaired) electrons. The molecule has 114 valence electrons. The van der Waals surface area contributed by atoms with Crippen molar-refractivity contribution in [3.05, 3.63) is 0 Å². The van der Waals surface area contributed by atoms with E-state index in [9.17, 15) is 8.42 Å². The number of sulfonamides is 1. The fourth-order valence-electron chi connectivity index (χ4n) is 2.65. The van der Waals surface area contributed by atoms with Crippen LogP contribution in [0.3, 0.4) is 0 Å². The van der Waals surface area contributed by atoms with Crippen molar-refractivity contribution in [3.8, 4) is 0 Å². The standard InChI is InChI=1S/C12H27N3O3S/c1-4-18-10(2)12(14-13)8-11-6-5-7-15(9-11)19(3,16)17/h10-12,14H,4-9,13H2,1-3H3. The number of piperidine rings is 1. The van der Waals surface area contributed by atoms with Gasteiger partial charge in [-0.3, -0.25) is 11.3 Å². The normalized spacial score (nSPS) is 25.2. The molecule has 1 heterocycles. The zero-order valence-corrected chi connectivity index (χ0v) is 12.9. The Morgan fingerprint density at radius 3 is 2.74 bits per heavy atom. The van der Waals surface area contributed by atoms with Gasteiger partial charge in [-0.25, -0.2) is 12.7 Å². The molecule has 0 aliphatic carbocycles. The first kappa shape index (κ1) is 16.8. The molecule has 3 atom stereocenters. The van der Waals surface area contributed by atoms with Crippen molar-refractivity contribution >= 4 is 10.0 Å². The Labute approximate surface area is 116 Å². The monoisotopic (exact) mass is 293 g/mol. The van der Waals surface area contributed by atoms with Crippen LogP contribution in [-0.4, -0.2) is 50.8 Å². The first-order valence-electron chi connectivity index (χ1n) is 6.91. The zero-order valence-electron chi connectivity index (χ0n) is 12.1. The number of hydrazine groups is 1. The van der Waals surface area contributed by atoms with E-state index in [-0.39, 0.29) is 12.1 Å². The highest BCUT2D eigenvalue weighted by Gasteiger charge is 2.29. The number of nitrogens with one attached hydrogen (secondary N) is 1. The van der Waals surface area contributed by atoms with Crippen molar-refractivity contribution in [1.29, 1.82) is 0 Å². The maximum atomic E-state index is 11.6. The Balaban J connectivity index is 2.55. The van der Waals surface area contributed by atoms with Gasteiger partial charge >= 0.3 is 0 Å². The van der Waals surface area contributed by atoms with Gasteiger partial charge in [0.2, 0.25) is 10.0 Å². The Morgan fingerprint density at radius 1 is 1.53 bits per heavy atom. The van der Waals surface area contributed by atoms with Gasteiger partial charge in [0, 0.05) is 25.7 Å². The predicted molar refractivity (Wildman–Crippen MR) is 76.0 cm³/mol. The van der Waals surface area contributed by atoms with E-state index in [1.165, 1.54) is 6.26 Å². The van der Waals surface area contributed by atoms with Gasteiger partial charge in [-0.1, -0.05) is 0 Å². The third-order valence-electron chi connectivity index (χ3n) is 3.75. The highest BCUT2D eigenvalue weighted by Crippen LogP contribution is 2.23. The number of nitrogens with zero attached hydrogens (tertiary/aromatic N) is 1. The van der Waals surface area contributed by atoms with Crippen LogP contribution < -0.4 is 11.3 Å². The van der Waals surface area contributed by atoms with E-state index in [2.05, 4.69) is 5.43 Å². The van der Waals surface area contributed by atoms with Crippen molar-refractivity contribution in [3.63, 3.8) is 0 Å². The molecule has 1 rings (SSSR count). The molecule has 0 aromatic heterocycles. The zero-order chi connectivity index (χ0) is 14.5. The largest absolute Gasteiger partial charge is 0.377 e. The van der Waals surface area contributed by atoms with E-state index in [0.717, 1.165) is 19.3 Å². The van der Waals surface area contributed by atoms with Crippen LogP contribution in [0.1, 0.15) is 33.1 Å².